The Morgan fingerprint density at radius 1 is 0.964 bits per heavy atom. The second-order valence-electron chi connectivity index (χ2n) is 5.45. The van der Waals surface area contributed by atoms with Crippen LogP contribution in [-0.2, 0) is 9.59 Å². The Bertz CT molecular complexity index is 848. The van der Waals surface area contributed by atoms with Crippen molar-refractivity contribution in [3.8, 4) is 23.0 Å². The molecular weight excluding hydrogens is 366 g/mol. The van der Waals surface area contributed by atoms with Gasteiger partial charge in [-0.15, -0.1) is 0 Å². The predicted octanol–water partition coefficient (Wildman–Crippen LogP) is 1.25. The lowest BCUT2D eigenvalue weighted by molar-refractivity contribution is -0.137. The Morgan fingerprint density at radius 2 is 1.50 bits per heavy atom. The molecule has 0 aromatic heterocycles. The van der Waals surface area contributed by atoms with E-state index in [1.165, 1.54) is 44.8 Å². The average molecular weight is 385 g/mol. The smallest absolute Gasteiger partial charge is 0.309 e. The monoisotopic (exact) mass is 385 g/mol. The zero-order valence-electron chi connectivity index (χ0n) is 15.2. The van der Waals surface area contributed by atoms with Gasteiger partial charge in [0.15, 0.2) is 23.0 Å². The topological polar surface area (TPSA) is 130 Å². The van der Waals surface area contributed by atoms with Crippen LogP contribution in [-0.4, -0.2) is 55.1 Å². The summed E-state index contributed by atoms with van der Waals surface area (Å²) in [5.74, 6) is -1.20. The van der Waals surface area contributed by atoms with Crippen LogP contribution in [0.25, 0.3) is 0 Å². The molecule has 146 valence electrons. The van der Waals surface area contributed by atoms with E-state index in [9.17, 15) is 19.8 Å². The number of ether oxygens (including phenoxy) is 2. The van der Waals surface area contributed by atoms with Crippen LogP contribution in [0.2, 0.25) is 0 Å². The molecule has 0 heterocycles. The maximum atomic E-state index is 11.8. The first-order valence-electron chi connectivity index (χ1n) is 8.04. The third-order valence-electron chi connectivity index (χ3n) is 3.52. The minimum absolute atomic E-state index is 0.0146. The Hall–Kier alpha value is -3.88. The van der Waals surface area contributed by atoms with Crippen molar-refractivity contribution in [2.75, 3.05) is 20.8 Å². The number of nitrogens with zero attached hydrogens (tertiary/aromatic N) is 2. The van der Waals surface area contributed by atoms with Crippen molar-refractivity contribution < 1.29 is 29.3 Å². The first-order chi connectivity index (χ1) is 13.4. The number of hydrogen-bond donors (Lipinski definition) is 3. The summed E-state index contributed by atoms with van der Waals surface area (Å²) < 4.78 is 9.94. The van der Waals surface area contributed by atoms with Crippen LogP contribution in [0.5, 0.6) is 23.0 Å². The largest absolute Gasteiger partial charge is 0.504 e. The van der Waals surface area contributed by atoms with Crippen molar-refractivity contribution in [1.82, 2.24) is 5.43 Å². The summed E-state index contributed by atoms with van der Waals surface area (Å²) in [7, 11) is 2.82. The normalized spacial score (nSPS) is 10.9. The minimum Gasteiger partial charge on any atom is -0.504 e. The van der Waals surface area contributed by atoms with Gasteiger partial charge in [-0.25, -0.2) is 5.43 Å². The second kappa shape index (κ2) is 9.72. The lowest BCUT2D eigenvalue weighted by Gasteiger charge is -2.03. The quantitative estimate of drug-likeness (QED) is 0.356. The molecule has 0 saturated carbocycles. The van der Waals surface area contributed by atoms with Crippen molar-refractivity contribution in [2.45, 2.75) is 0 Å². The Balaban J connectivity index is 1.88. The zero-order chi connectivity index (χ0) is 20.5. The van der Waals surface area contributed by atoms with Crippen molar-refractivity contribution >= 4 is 24.1 Å². The van der Waals surface area contributed by atoms with E-state index in [1.807, 2.05) is 0 Å². The molecule has 1 amide bonds. The molecule has 9 nitrogen and oxygen atoms in total. The fourth-order valence-corrected chi connectivity index (χ4v) is 2.08. The Kier molecular flexibility index (Phi) is 7.09. The summed E-state index contributed by atoms with van der Waals surface area (Å²) in [5.41, 5.74) is 3.26. The van der Waals surface area contributed by atoms with Gasteiger partial charge in [-0.05, 0) is 47.5 Å². The van der Waals surface area contributed by atoms with Crippen molar-refractivity contribution in [2.24, 2.45) is 10.1 Å². The highest BCUT2D eigenvalue weighted by molar-refractivity contribution is 6.37. The number of aromatic hydroxyl groups is 2. The number of amides is 1. The second-order valence-corrected chi connectivity index (χ2v) is 5.45. The molecule has 0 bridgehead atoms. The number of Topliss-reactive ketones (excluding diaryl/α,β-unsaturated/α-hetero) is 1. The van der Waals surface area contributed by atoms with Crippen LogP contribution in [0.3, 0.4) is 0 Å². The highest BCUT2D eigenvalue weighted by Gasteiger charge is 2.11. The molecule has 2 aromatic carbocycles. The number of phenolic OH excluding ortho intramolecular Hbond substituents is 2. The van der Waals surface area contributed by atoms with Crippen molar-refractivity contribution in [3.05, 3.63) is 47.5 Å². The third-order valence-corrected chi connectivity index (χ3v) is 3.52. The summed E-state index contributed by atoms with van der Waals surface area (Å²) in [6, 6.07) is 9.05. The number of carbonyl (C=O) groups excluding carboxylic acids is 2. The molecule has 2 aromatic rings. The van der Waals surface area contributed by atoms with Crippen molar-refractivity contribution in [3.63, 3.8) is 0 Å². The number of phenols is 2. The predicted molar refractivity (Wildman–Crippen MR) is 103 cm³/mol. The number of ketones is 1. The van der Waals surface area contributed by atoms with Gasteiger partial charge >= 0.3 is 5.91 Å². The fourth-order valence-electron chi connectivity index (χ4n) is 2.08. The van der Waals surface area contributed by atoms with Gasteiger partial charge in [0.2, 0.25) is 5.78 Å². The maximum Gasteiger partial charge on any atom is 0.309 e. The van der Waals surface area contributed by atoms with Gasteiger partial charge in [0.25, 0.3) is 0 Å². The van der Waals surface area contributed by atoms with Gasteiger partial charge in [0, 0.05) is 6.21 Å². The van der Waals surface area contributed by atoms with Gasteiger partial charge in [-0.3, -0.25) is 14.6 Å². The van der Waals surface area contributed by atoms with Crippen LogP contribution in [0, 0.1) is 0 Å². The molecule has 0 aliphatic heterocycles. The summed E-state index contributed by atoms with van der Waals surface area (Å²) >= 11 is 0. The van der Waals surface area contributed by atoms with Crippen LogP contribution in [0.15, 0.2) is 46.5 Å². The van der Waals surface area contributed by atoms with Gasteiger partial charge < -0.3 is 19.7 Å². The first kappa shape index (κ1) is 20.4. The molecular formula is C19H19N3O6. The van der Waals surface area contributed by atoms with E-state index in [-0.39, 0.29) is 29.5 Å². The lowest BCUT2D eigenvalue weighted by atomic mass is 10.2. The number of hydrogen-bond acceptors (Lipinski definition) is 8. The summed E-state index contributed by atoms with van der Waals surface area (Å²) in [6.07, 6.45) is 2.69. The molecule has 0 atom stereocenters. The lowest BCUT2D eigenvalue weighted by Crippen LogP contribution is -2.28. The van der Waals surface area contributed by atoms with E-state index in [4.69, 9.17) is 9.47 Å². The number of nitrogens with one attached hydrogen (secondary N) is 1. The maximum absolute atomic E-state index is 11.8. The number of aliphatic imine (C=N–C) groups is 1. The molecule has 28 heavy (non-hydrogen) atoms. The van der Waals surface area contributed by atoms with E-state index >= 15 is 0 Å². The Morgan fingerprint density at radius 3 is 2.04 bits per heavy atom. The van der Waals surface area contributed by atoms with Crippen LogP contribution in [0.1, 0.15) is 11.1 Å². The van der Waals surface area contributed by atoms with E-state index in [0.29, 0.717) is 11.1 Å². The molecule has 3 N–H and O–H groups in total. The third kappa shape index (κ3) is 5.56. The minimum atomic E-state index is -0.914. The standard InChI is InChI=1S/C19H19N3O6/c1-27-17-7-12(3-5-14(17)23)9-20-11-16(25)19(26)22-21-10-13-4-6-15(24)18(8-13)28-2/h3-10,23-24H,11H2,1-2H3,(H,22,26)/b20-9?,21-10+. The van der Waals surface area contributed by atoms with Crippen LogP contribution < -0.4 is 14.9 Å². The van der Waals surface area contributed by atoms with E-state index in [1.54, 1.807) is 18.2 Å². The summed E-state index contributed by atoms with van der Waals surface area (Å²) in [6.45, 7) is -0.364. The van der Waals surface area contributed by atoms with Crippen LogP contribution >= 0.6 is 0 Å². The van der Waals surface area contributed by atoms with Gasteiger partial charge in [-0.2, -0.15) is 5.10 Å². The molecule has 9 heteroatoms. The SMILES string of the molecule is COc1cc(C=NCC(=O)C(=O)N/N=C/c2ccc(O)c(OC)c2)ccc1O. The van der Waals surface area contributed by atoms with Crippen LogP contribution in [0.4, 0.5) is 0 Å². The Labute approximate surface area is 160 Å². The molecule has 0 aliphatic carbocycles. The number of benzene rings is 2. The molecule has 0 fully saturated rings. The molecule has 0 unspecified atom stereocenters. The van der Waals surface area contributed by atoms with Gasteiger partial charge in [0.1, 0.15) is 6.54 Å². The first-order valence-corrected chi connectivity index (χ1v) is 8.04. The average Bonchev–Trinajstić information content (AvgIpc) is 2.70. The highest BCUT2D eigenvalue weighted by atomic mass is 16.5. The van der Waals surface area contributed by atoms with E-state index in [0.717, 1.165) is 0 Å². The van der Waals surface area contributed by atoms with Gasteiger partial charge in [0.05, 0.1) is 20.4 Å². The van der Waals surface area contributed by atoms with E-state index in [2.05, 4.69) is 15.5 Å². The number of rotatable bonds is 8. The molecule has 0 radical (unpaired) electrons. The van der Waals surface area contributed by atoms with E-state index < -0.39 is 11.7 Å². The summed E-state index contributed by atoms with van der Waals surface area (Å²) in [5, 5.41) is 22.7. The zero-order valence-corrected chi connectivity index (χ0v) is 15.2. The summed E-state index contributed by atoms with van der Waals surface area (Å²) in [4.78, 5) is 27.4. The van der Waals surface area contributed by atoms with Crippen molar-refractivity contribution in [1.29, 1.82) is 0 Å². The van der Waals surface area contributed by atoms with Gasteiger partial charge in [-0.1, -0.05) is 0 Å². The fraction of sp³-hybridized carbons (Fsp3) is 0.158. The number of carbonyl (C=O) groups is 2. The number of hydrazone groups is 1. The molecule has 0 spiro atoms. The molecule has 0 saturated heterocycles. The highest BCUT2D eigenvalue weighted by Crippen LogP contribution is 2.26. The molecule has 0 aliphatic rings. The number of methoxy groups -OCH3 is 2. The molecule has 2 rings (SSSR count).